The van der Waals surface area contributed by atoms with Gasteiger partial charge in [-0.25, -0.2) is 0 Å². The molecule has 1 amide bonds. The molecule has 1 heterocycles. The highest BCUT2D eigenvalue weighted by atomic mass is 28.4. The first-order chi connectivity index (χ1) is 7.56. The van der Waals surface area contributed by atoms with E-state index in [1.54, 1.807) is 0 Å². The maximum absolute atomic E-state index is 11.7. The number of likely N-dealkylation sites (tertiary alicyclic amines) is 1. The van der Waals surface area contributed by atoms with E-state index in [0.717, 1.165) is 6.42 Å². The van der Waals surface area contributed by atoms with Crippen LogP contribution in [0.5, 0.6) is 0 Å². The van der Waals surface area contributed by atoms with E-state index in [1.807, 2.05) is 18.9 Å². The van der Waals surface area contributed by atoms with E-state index in [2.05, 4.69) is 33.9 Å². The van der Waals surface area contributed by atoms with Crippen LogP contribution in [-0.4, -0.2) is 38.8 Å². The molecule has 0 spiro atoms. The van der Waals surface area contributed by atoms with Crippen molar-refractivity contribution in [3.05, 3.63) is 0 Å². The van der Waals surface area contributed by atoms with E-state index < -0.39 is 8.32 Å². The Bertz CT molecular complexity index is 296. The van der Waals surface area contributed by atoms with Gasteiger partial charge >= 0.3 is 0 Å². The summed E-state index contributed by atoms with van der Waals surface area (Å²) < 4.78 is 6.19. The molecule has 0 aliphatic carbocycles. The van der Waals surface area contributed by atoms with Gasteiger partial charge in [0.05, 0.1) is 12.6 Å². The molecule has 0 saturated carbocycles. The van der Waals surface area contributed by atoms with E-state index in [-0.39, 0.29) is 22.9 Å². The molecule has 0 radical (unpaired) electrons. The van der Waals surface area contributed by atoms with Crippen molar-refractivity contribution in [2.45, 2.75) is 58.3 Å². The first kappa shape index (κ1) is 14.7. The Hall–Kier alpha value is -0.353. The Kier molecular flexibility index (Phi) is 4.09. The average Bonchev–Trinajstić information content (AvgIpc) is 2.41. The minimum absolute atomic E-state index is 0.160. The van der Waals surface area contributed by atoms with Gasteiger partial charge in [0.15, 0.2) is 8.32 Å². The van der Waals surface area contributed by atoms with Crippen molar-refractivity contribution in [3.63, 3.8) is 0 Å². The molecule has 1 fully saturated rings. The predicted octanol–water partition coefficient (Wildman–Crippen LogP) is 2.88. The second-order valence-corrected chi connectivity index (χ2v) is 11.6. The summed E-state index contributed by atoms with van der Waals surface area (Å²) in [4.78, 5) is 13.6. The SMILES string of the molecule is C[C@@H]1C[C@@H](CO[Si](C)(C)C(C)(C)C)N(C)C1=O. The van der Waals surface area contributed by atoms with Gasteiger partial charge in [0, 0.05) is 13.0 Å². The highest BCUT2D eigenvalue weighted by molar-refractivity contribution is 6.74. The molecule has 1 saturated heterocycles. The van der Waals surface area contributed by atoms with Crippen LogP contribution < -0.4 is 0 Å². The summed E-state index contributed by atoms with van der Waals surface area (Å²) in [6.45, 7) is 13.9. The standard InChI is InChI=1S/C13H27NO2Si/c1-10-8-11(14(5)12(10)15)9-16-17(6,7)13(2,3)4/h10-11H,8-9H2,1-7H3/t10-,11+/m1/s1. The van der Waals surface area contributed by atoms with Crippen molar-refractivity contribution in [1.29, 1.82) is 0 Å². The molecule has 1 rings (SSSR count). The second-order valence-electron chi connectivity index (χ2n) is 6.81. The van der Waals surface area contributed by atoms with Gasteiger partial charge in [-0.15, -0.1) is 0 Å². The van der Waals surface area contributed by atoms with Crippen LogP contribution in [0.2, 0.25) is 18.1 Å². The molecule has 0 aromatic carbocycles. The fourth-order valence-electron chi connectivity index (χ4n) is 1.90. The molecule has 0 unspecified atom stereocenters. The number of carbonyl (C=O) groups excluding carboxylic acids is 1. The average molecular weight is 257 g/mol. The minimum Gasteiger partial charge on any atom is -0.415 e. The summed E-state index contributed by atoms with van der Waals surface area (Å²) in [5.74, 6) is 0.418. The van der Waals surface area contributed by atoms with Crippen LogP contribution in [0.15, 0.2) is 0 Å². The van der Waals surface area contributed by atoms with Crippen molar-refractivity contribution in [3.8, 4) is 0 Å². The van der Waals surface area contributed by atoms with Crippen molar-refractivity contribution in [2.75, 3.05) is 13.7 Å². The van der Waals surface area contributed by atoms with Gasteiger partial charge in [-0.1, -0.05) is 27.7 Å². The van der Waals surface area contributed by atoms with Crippen molar-refractivity contribution in [1.82, 2.24) is 4.90 Å². The quantitative estimate of drug-likeness (QED) is 0.728. The van der Waals surface area contributed by atoms with Crippen molar-refractivity contribution >= 4 is 14.2 Å². The number of likely N-dealkylation sites (N-methyl/N-ethyl adjacent to an activating group) is 1. The summed E-state index contributed by atoms with van der Waals surface area (Å²) in [7, 11) is 0.210. The third-order valence-electron chi connectivity index (χ3n) is 4.39. The lowest BCUT2D eigenvalue weighted by Crippen LogP contribution is -2.44. The second kappa shape index (κ2) is 4.73. The maximum atomic E-state index is 11.7. The lowest BCUT2D eigenvalue weighted by molar-refractivity contribution is -0.130. The minimum atomic E-state index is -1.68. The maximum Gasteiger partial charge on any atom is 0.225 e. The zero-order valence-electron chi connectivity index (χ0n) is 12.3. The third-order valence-corrected chi connectivity index (χ3v) is 8.89. The summed E-state index contributed by atoms with van der Waals surface area (Å²) in [6, 6.07) is 0.270. The molecule has 17 heavy (non-hydrogen) atoms. The van der Waals surface area contributed by atoms with Crippen LogP contribution in [0, 0.1) is 5.92 Å². The summed E-state index contributed by atoms with van der Waals surface area (Å²) in [6.07, 6.45) is 0.934. The van der Waals surface area contributed by atoms with E-state index in [4.69, 9.17) is 4.43 Å². The zero-order valence-corrected chi connectivity index (χ0v) is 13.3. The zero-order chi connectivity index (χ0) is 13.4. The molecule has 1 aliphatic rings. The van der Waals surface area contributed by atoms with Crippen molar-refractivity contribution < 1.29 is 9.22 Å². The number of nitrogens with zero attached hydrogens (tertiary/aromatic N) is 1. The highest BCUT2D eigenvalue weighted by Gasteiger charge is 2.40. The summed E-state index contributed by atoms with van der Waals surface area (Å²) in [5.41, 5.74) is 0. The number of carbonyl (C=O) groups is 1. The highest BCUT2D eigenvalue weighted by Crippen LogP contribution is 2.37. The molecule has 3 nitrogen and oxygen atoms in total. The Labute approximate surface area is 107 Å². The monoisotopic (exact) mass is 257 g/mol. The molecule has 1 aliphatic heterocycles. The van der Waals surface area contributed by atoms with Crippen LogP contribution in [0.1, 0.15) is 34.1 Å². The number of rotatable bonds is 3. The number of hydrogen-bond acceptors (Lipinski definition) is 2. The van der Waals surface area contributed by atoms with E-state index >= 15 is 0 Å². The van der Waals surface area contributed by atoms with E-state index in [0.29, 0.717) is 6.61 Å². The first-order valence-electron chi connectivity index (χ1n) is 6.47. The Morgan fingerprint density at radius 3 is 2.29 bits per heavy atom. The molecule has 4 heteroatoms. The van der Waals surface area contributed by atoms with Gasteiger partial charge in [-0.05, 0) is 24.6 Å². The number of hydrogen-bond donors (Lipinski definition) is 0. The van der Waals surface area contributed by atoms with E-state index in [1.165, 1.54) is 0 Å². The molecule has 100 valence electrons. The number of amides is 1. The van der Waals surface area contributed by atoms with Crippen LogP contribution >= 0.6 is 0 Å². The van der Waals surface area contributed by atoms with Crippen LogP contribution in [-0.2, 0) is 9.22 Å². The van der Waals surface area contributed by atoms with Gasteiger partial charge in [0.2, 0.25) is 5.91 Å². The van der Waals surface area contributed by atoms with Crippen LogP contribution in [0.4, 0.5) is 0 Å². The van der Waals surface area contributed by atoms with Gasteiger partial charge in [-0.2, -0.15) is 0 Å². The Balaban J connectivity index is 2.55. The summed E-state index contributed by atoms with van der Waals surface area (Å²) >= 11 is 0. The summed E-state index contributed by atoms with van der Waals surface area (Å²) in [5, 5.41) is 0.236. The van der Waals surface area contributed by atoms with Crippen LogP contribution in [0.25, 0.3) is 0 Å². The fourth-order valence-corrected chi connectivity index (χ4v) is 2.94. The lowest BCUT2D eigenvalue weighted by atomic mass is 10.1. The predicted molar refractivity (Wildman–Crippen MR) is 73.5 cm³/mol. The van der Waals surface area contributed by atoms with Crippen LogP contribution in [0.3, 0.4) is 0 Å². The largest absolute Gasteiger partial charge is 0.415 e. The van der Waals surface area contributed by atoms with E-state index in [9.17, 15) is 4.79 Å². The Morgan fingerprint density at radius 2 is 1.94 bits per heavy atom. The molecule has 0 aromatic heterocycles. The van der Waals surface area contributed by atoms with Crippen molar-refractivity contribution in [2.24, 2.45) is 5.92 Å². The molecule has 2 atom stereocenters. The lowest BCUT2D eigenvalue weighted by Gasteiger charge is -2.37. The molecule has 0 N–H and O–H groups in total. The van der Waals surface area contributed by atoms with Gasteiger partial charge in [-0.3, -0.25) is 4.79 Å². The Morgan fingerprint density at radius 1 is 1.41 bits per heavy atom. The molecule has 0 bridgehead atoms. The molecular weight excluding hydrogens is 230 g/mol. The fraction of sp³-hybridized carbons (Fsp3) is 0.923. The van der Waals surface area contributed by atoms with Gasteiger partial charge in [0.1, 0.15) is 0 Å². The normalized spacial score (nSPS) is 26.8. The third kappa shape index (κ3) is 3.10. The first-order valence-corrected chi connectivity index (χ1v) is 9.37. The van der Waals surface area contributed by atoms with Gasteiger partial charge < -0.3 is 9.33 Å². The topological polar surface area (TPSA) is 29.5 Å². The molecular formula is C13H27NO2Si. The van der Waals surface area contributed by atoms with Gasteiger partial charge in [0.25, 0.3) is 0 Å². The molecule has 0 aromatic rings. The smallest absolute Gasteiger partial charge is 0.225 e.